The molecule has 314 valence electrons. The fourth-order valence-corrected chi connectivity index (χ4v) is 7.52. The van der Waals surface area contributed by atoms with Crippen LogP contribution >= 0.6 is 11.8 Å². The van der Waals surface area contributed by atoms with Crippen LogP contribution in [0.1, 0.15) is 110 Å². The molecular weight excluding hydrogens is 735 g/mol. The zero-order valence-corrected chi connectivity index (χ0v) is 35.4. The lowest BCUT2D eigenvalue weighted by atomic mass is 10.0. The molecule has 2 rings (SSSR count). The first-order chi connectivity index (χ1) is 26.8. The zero-order chi connectivity index (χ0) is 41.6. The SMILES string of the molecule is CCCC[C@@H]1NC(=O)[C@H](CCCC)N(C)C(=O)[C@H](CCCC)NC(=O)[C@H](CCCC)N(C)C(=O)[C@@H](Cc2ccccc2)NC(=O)CSC[C@H](C(=O)NC)NC1=O. The molecule has 7 amide bonds. The number of hydrogen-bond acceptors (Lipinski definition) is 8. The van der Waals surface area contributed by atoms with Gasteiger partial charge in [0.25, 0.3) is 0 Å². The number of benzene rings is 1. The highest BCUT2D eigenvalue weighted by atomic mass is 32.2. The molecular formula is C41H67N7O7S. The van der Waals surface area contributed by atoms with Crippen molar-refractivity contribution >= 4 is 53.1 Å². The molecule has 0 aliphatic carbocycles. The molecule has 0 saturated carbocycles. The Kier molecular flexibility index (Phi) is 22.2. The van der Waals surface area contributed by atoms with E-state index in [9.17, 15) is 33.6 Å². The van der Waals surface area contributed by atoms with Gasteiger partial charge in [-0.15, -0.1) is 11.8 Å². The summed E-state index contributed by atoms with van der Waals surface area (Å²) in [6, 6.07) is 3.37. The van der Waals surface area contributed by atoms with Gasteiger partial charge in [-0.25, -0.2) is 0 Å². The molecule has 14 nitrogen and oxygen atoms in total. The summed E-state index contributed by atoms with van der Waals surface area (Å²) in [6.45, 7) is 7.91. The maximum atomic E-state index is 14.3. The summed E-state index contributed by atoms with van der Waals surface area (Å²) in [4.78, 5) is 99.9. The quantitative estimate of drug-likeness (QED) is 0.179. The zero-order valence-electron chi connectivity index (χ0n) is 34.6. The molecule has 1 aliphatic heterocycles. The second-order valence-electron chi connectivity index (χ2n) is 14.6. The van der Waals surface area contributed by atoms with Gasteiger partial charge >= 0.3 is 0 Å². The van der Waals surface area contributed by atoms with Gasteiger partial charge in [-0.2, -0.15) is 0 Å². The van der Waals surface area contributed by atoms with E-state index in [2.05, 4.69) is 26.6 Å². The standard InChI is InChI=1S/C41H67N7O7S/c1-8-12-21-29-37(51)46-32(36(50)42-5)26-56-27-35(49)43-31(25-28-19-17-16-18-20-28)41(55)48(7)34(24-15-11-4)39(53)45-30(22-13-9-2)40(54)47(6)33(23-14-10-3)38(52)44-29/h16-20,29-34H,8-15,21-27H2,1-7H3,(H,42,50)(H,43,49)(H,44,52)(H,45,53)(H,46,51)/t29-,30-,31+,32+,33-,34-/m0/s1. The van der Waals surface area contributed by atoms with Crippen molar-refractivity contribution in [3.63, 3.8) is 0 Å². The number of nitrogens with zero attached hydrogens (tertiary/aromatic N) is 2. The summed E-state index contributed by atoms with van der Waals surface area (Å²) in [5, 5.41) is 14.0. The van der Waals surface area contributed by atoms with Crippen LogP contribution in [-0.2, 0) is 40.0 Å². The van der Waals surface area contributed by atoms with Crippen molar-refractivity contribution in [3.8, 4) is 0 Å². The Hall–Kier alpha value is -4.14. The molecule has 0 aromatic heterocycles. The van der Waals surface area contributed by atoms with E-state index in [1.54, 1.807) is 14.1 Å². The van der Waals surface area contributed by atoms with Crippen molar-refractivity contribution in [1.29, 1.82) is 0 Å². The van der Waals surface area contributed by atoms with Gasteiger partial charge in [0.2, 0.25) is 41.4 Å². The van der Waals surface area contributed by atoms with Crippen molar-refractivity contribution in [2.45, 2.75) is 147 Å². The van der Waals surface area contributed by atoms with Gasteiger partial charge in [0.05, 0.1) is 5.75 Å². The Labute approximate surface area is 338 Å². The minimum Gasteiger partial charge on any atom is -0.357 e. The molecule has 1 fully saturated rings. The third kappa shape index (κ3) is 15.4. The van der Waals surface area contributed by atoms with Crippen molar-refractivity contribution in [2.75, 3.05) is 32.6 Å². The van der Waals surface area contributed by atoms with Crippen molar-refractivity contribution in [3.05, 3.63) is 35.9 Å². The number of carbonyl (C=O) groups is 7. The van der Waals surface area contributed by atoms with Gasteiger partial charge in [0.15, 0.2) is 0 Å². The first-order valence-corrected chi connectivity index (χ1v) is 21.6. The summed E-state index contributed by atoms with van der Waals surface area (Å²) in [6.07, 6.45) is 6.99. The van der Waals surface area contributed by atoms with Gasteiger partial charge in [0.1, 0.15) is 36.3 Å². The van der Waals surface area contributed by atoms with Crippen LogP contribution in [0.25, 0.3) is 0 Å². The summed E-state index contributed by atoms with van der Waals surface area (Å²) in [7, 11) is 4.54. The van der Waals surface area contributed by atoms with Crippen molar-refractivity contribution in [1.82, 2.24) is 36.4 Å². The van der Waals surface area contributed by atoms with E-state index in [1.165, 1.54) is 16.8 Å². The molecule has 0 bridgehead atoms. The minimum atomic E-state index is -1.02. The lowest BCUT2D eigenvalue weighted by Crippen LogP contribution is -2.60. The molecule has 1 aromatic carbocycles. The number of unbranched alkanes of at least 4 members (excludes halogenated alkanes) is 4. The molecule has 6 atom stereocenters. The van der Waals surface area contributed by atoms with Crippen LogP contribution in [0.2, 0.25) is 0 Å². The second kappa shape index (κ2) is 25.9. The normalized spacial score (nSPS) is 24.1. The molecule has 15 heteroatoms. The first-order valence-electron chi connectivity index (χ1n) is 20.4. The molecule has 0 spiro atoms. The topological polar surface area (TPSA) is 186 Å². The average Bonchev–Trinajstić information content (AvgIpc) is 3.19. The Balaban J connectivity index is 2.68. The third-order valence-electron chi connectivity index (χ3n) is 10.2. The van der Waals surface area contributed by atoms with Gasteiger partial charge in [-0.1, -0.05) is 109 Å². The molecule has 1 aromatic rings. The Morgan fingerprint density at radius 1 is 0.661 bits per heavy atom. The van der Waals surface area contributed by atoms with Gasteiger partial charge in [0, 0.05) is 33.3 Å². The monoisotopic (exact) mass is 801 g/mol. The number of carbonyl (C=O) groups excluding carboxylic acids is 7. The van der Waals surface area contributed by atoms with Crippen LogP contribution in [0.3, 0.4) is 0 Å². The van der Waals surface area contributed by atoms with Crippen LogP contribution in [0.5, 0.6) is 0 Å². The molecule has 1 saturated heterocycles. The number of nitrogens with one attached hydrogen (secondary N) is 5. The maximum Gasteiger partial charge on any atom is 0.245 e. The highest BCUT2D eigenvalue weighted by Gasteiger charge is 2.37. The molecule has 1 heterocycles. The molecule has 56 heavy (non-hydrogen) atoms. The highest BCUT2D eigenvalue weighted by molar-refractivity contribution is 8.00. The van der Waals surface area contributed by atoms with Gasteiger partial charge in [-0.3, -0.25) is 33.6 Å². The Morgan fingerprint density at radius 2 is 1.14 bits per heavy atom. The van der Waals surface area contributed by atoms with E-state index in [-0.39, 0.29) is 17.9 Å². The smallest absolute Gasteiger partial charge is 0.245 e. The Bertz CT molecular complexity index is 1430. The van der Waals surface area contributed by atoms with Crippen LogP contribution in [0, 0.1) is 0 Å². The average molecular weight is 802 g/mol. The van der Waals surface area contributed by atoms with Crippen LogP contribution < -0.4 is 26.6 Å². The fourth-order valence-electron chi connectivity index (χ4n) is 6.66. The van der Waals surface area contributed by atoms with E-state index in [4.69, 9.17) is 0 Å². The molecule has 5 N–H and O–H groups in total. The van der Waals surface area contributed by atoms with Gasteiger partial charge < -0.3 is 36.4 Å². The molecule has 0 radical (unpaired) electrons. The third-order valence-corrected chi connectivity index (χ3v) is 11.2. The highest BCUT2D eigenvalue weighted by Crippen LogP contribution is 2.17. The lowest BCUT2D eigenvalue weighted by molar-refractivity contribution is -0.145. The van der Waals surface area contributed by atoms with Crippen molar-refractivity contribution < 1.29 is 33.6 Å². The lowest BCUT2D eigenvalue weighted by Gasteiger charge is -2.34. The second-order valence-corrected chi connectivity index (χ2v) is 15.7. The van der Waals surface area contributed by atoms with E-state index in [0.29, 0.717) is 51.4 Å². The summed E-state index contributed by atoms with van der Waals surface area (Å²) < 4.78 is 0. The molecule has 1 aliphatic rings. The largest absolute Gasteiger partial charge is 0.357 e. The minimum absolute atomic E-state index is 0.0409. The summed E-state index contributed by atoms with van der Waals surface area (Å²) in [5.41, 5.74) is 0.807. The fraction of sp³-hybridized carbons (Fsp3) is 0.683. The molecule has 0 unspecified atom stereocenters. The number of likely N-dealkylation sites (N-methyl/N-ethyl adjacent to an activating group) is 3. The number of rotatable bonds is 15. The van der Waals surface area contributed by atoms with Crippen LogP contribution in [0.15, 0.2) is 30.3 Å². The van der Waals surface area contributed by atoms with E-state index in [1.807, 2.05) is 58.0 Å². The number of thioether (sulfide) groups is 1. The maximum absolute atomic E-state index is 14.3. The summed E-state index contributed by atoms with van der Waals surface area (Å²) >= 11 is 1.12. The van der Waals surface area contributed by atoms with Crippen LogP contribution in [-0.4, -0.2) is 120 Å². The number of amides is 7. The summed E-state index contributed by atoms with van der Waals surface area (Å²) in [5.74, 6) is -3.46. The van der Waals surface area contributed by atoms with Crippen LogP contribution in [0.4, 0.5) is 0 Å². The van der Waals surface area contributed by atoms with E-state index in [0.717, 1.165) is 43.0 Å². The Morgan fingerprint density at radius 3 is 1.66 bits per heavy atom. The first kappa shape index (κ1) is 48.0. The van der Waals surface area contributed by atoms with Gasteiger partial charge in [-0.05, 0) is 31.2 Å². The van der Waals surface area contributed by atoms with E-state index < -0.39 is 77.6 Å². The van der Waals surface area contributed by atoms with Crippen molar-refractivity contribution in [2.24, 2.45) is 0 Å². The predicted molar refractivity (Wildman–Crippen MR) is 220 cm³/mol. The van der Waals surface area contributed by atoms with E-state index >= 15 is 0 Å². The number of hydrogen-bond donors (Lipinski definition) is 5. The predicted octanol–water partition coefficient (Wildman–Crippen LogP) is 3.08.